The summed E-state index contributed by atoms with van der Waals surface area (Å²) in [5.41, 5.74) is 3.68. The zero-order chi connectivity index (χ0) is 14.1. The van der Waals surface area contributed by atoms with Crippen molar-refractivity contribution in [2.24, 2.45) is 5.92 Å². The highest BCUT2D eigenvalue weighted by Crippen LogP contribution is 2.28. The minimum atomic E-state index is 0.659. The molecule has 6 nitrogen and oxygen atoms in total. The number of aromatic nitrogens is 5. The molecule has 0 amide bonds. The van der Waals surface area contributed by atoms with Crippen LogP contribution < -0.4 is 5.32 Å². The third-order valence-electron chi connectivity index (χ3n) is 4.06. The maximum atomic E-state index is 4.31. The van der Waals surface area contributed by atoms with E-state index in [1.54, 1.807) is 0 Å². The van der Waals surface area contributed by atoms with Gasteiger partial charge in [-0.3, -0.25) is 0 Å². The molecule has 0 fully saturated rings. The predicted molar refractivity (Wildman–Crippen MR) is 79.0 cm³/mol. The van der Waals surface area contributed by atoms with Crippen LogP contribution in [0.15, 0.2) is 36.4 Å². The number of anilines is 1. The van der Waals surface area contributed by atoms with E-state index in [-0.39, 0.29) is 0 Å². The predicted octanol–water partition coefficient (Wildman–Crippen LogP) is 1.74. The molecule has 0 spiro atoms. The number of benzene rings is 1. The fourth-order valence-corrected chi connectivity index (χ4v) is 3.00. The maximum absolute atomic E-state index is 4.31. The van der Waals surface area contributed by atoms with Gasteiger partial charge < -0.3 is 5.32 Å². The Morgan fingerprint density at radius 1 is 1.10 bits per heavy atom. The van der Waals surface area contributed by atoms with Crippen molar-refractivity contribution in [2.75, 3.05) is 11.9 Å². The topological polar surface area (TPSA) is 68.0 Å². The van der Waals surface area contributed by atoms with Gasteiger partial charge in [0.25, 0.3) is 0 Å². The van der Waals surface area contributed by atoms with E-state index in [1.807, 2.05) is 12.1 Å². The molecule has 0 saturated heterocycles. The van der Waals surface area contributed by atoms with Crippen LogP contribution in [0.3, 0.4) is 0 Å². The van der Waals surface area contributed by atoms with Crippen molar-refractivity contribution >= 4 is 11.5 Å². The Kier molecular flexibility index (Phi) is 2.99. The van der Waals surface area contributed by atoms with E-state index in [1.165, 1.54) is 28.6 Å². The molecular formula is C15H16N6. The van der Waals surface area contributed by atoms with Crippen molar-refractivity contribution in [2.45, 2.75) is 19.3 Å². The van der Waals surface area contributed by atoms with Crippen molar-refractivity contribution < 1.29 is 0 Å². The molecule has 2 heterocycles. The van der Waals surface area contributed by atoms with Gasteiger partial charge in [0.2, 0.25) is 0 Å². The molecule has 106 valence electrons. The Balaban J connectivity index is 1.34. The van der Waals surface area contributed by atoms with Crippen LogP contribution in [0, 0.1) is 5.92 Å². The van der Waals surface area contributed by atoms with Crippen LogP contribution in [0.2, 0.25) is 0 Å². The van der Waals surface area contributed by atoms with Crippen molar-refractivity contribution in [1.82, 2.24) is 25.3 Å². The molecule has 1 aliphatic rings. The van der Waals surface area contributed by atoms with Crippen molar-refractivity contribution in [3.05, 3.63) is 47.5 Å². The average molecular weight is 280 g/mol. The highest BCUT2D eigenvalue weighted by molar-refractivity contribution is 5.42. The minimum absolute atomic E-state index is 0.659. The number of hydrogen-bond donors (Lipinski definition) is 1. The Bertz CT molecular complexity index is 740. The first-order valence-electron chi connectivity index (χ1n) is 7.24. The van der Waals surface area contributed by atoms with E-state index >= 15 is 0 Å². The third kappa shape index (κ3) is 2.44. The van der Waals surface area contributed by atoms with Gasteiger partial charge in [-0.2, -0.15) is 0 Å². The summed E-state index contributed by atoms with van der Waals surface area (Å²) in [6, 6.07) is 12.5. The fraction of sp³-hybridized carbons (Fsp3) is 0.333. The first-order valence-corrected chi connectivity index (χ1v) is 7.24. The standard InChI is InChI=1S/C15H16N6/c1-2-4-13-10-11(9-12(13)3-1)7-8-16-14-5-6-15-17-19-20-21(15)18-14/h1-6,11H,7-10H2,(H,16,18). The molecule has 0 aliphatic heterocycles. The average Bonchev–Trinajstić information content (AvgIpc) is 3.12. The number of nitrogens with zero attached hydrogens (tertiary/aromatic N) is 5. The van der Waals surface area contributed by atoms with Crippen LogP contribution in [0.5, 0.6) is 0 Å². The second-order valence-corrected chi connectivity index (χ2v) is 5.50. The monoisotopic (exact) mass is 280 g/mol. The van der Waals surface area contributed by atoms with E-state index in [2.05, 4.69) is 50.2 Å². The summed E-state index contributed by atoms with van der Waals surface area (Å²) in [4.78, 5) is 0. The first-order chi connectivity index (χ1) is 10.4. The second-order valence-electron chi connectivity index (χ2n) is 5.50. The highest BCUT2D eigenvalue weighted by atomic mass is 15.6. The Hall–Kier alpha value is -2.50. The largest absolute Gasteiger partial charge is 0.369 e. The van der Waals surface area contributed by atoms with Crippen LogP contribution in [0.25, 0.3) is 5.65 Å². The van der Waals surface area contributed by atoms with E-state index in [4.69, 9.17) is 0 Å². The molecule has 21 heavy (non-hydrogen) atoms. The lowest BCUT2D eigenvalue weighted by molar-refractivity contribution is 0.529. The zero-order valence-corrected chi connectivity index (χ0v) is 11.6. The summed E-state index contributed by atoms with van der Waals surface area (Å²) in [5, 5.41) is 18.9. The van der Waals surface area contributed by atoms with Gasteiger partial charge in [0, 0.05) is 6.54 Å². The lowest BCUT2D eigenvalue weighted by Gasteiger charge is -2.10. The van der Waals surface area contributed by atoms with Crippen molar-refractivity contribution in [3.8, 4) is 0 Å². The van der Waals surface area contributed by atoms with Crippen molar-refractivity contribution in [3.63, 3.8) is 0 Å². The van der Waals surface area contributed by atoms with Crippen LogP contribution in [0.1, 0.15) is 17.5 Å². The Morgan fingerprint density at radius 2 is 1.90 bits per heavy atom. The van der Waals surface area contributed by atoms with E-state index in [0.29, 0.717) is 5.65 Å². The van der Waals surface area contributed by atoms with Gasteiger partial charge in [0.05, 0.1) is 0 Å². The highest BCUT2D eigenvalue weighted by Gasteiger charge is 2.20. The summed E-state index contributed by atoms with van der Waals surface area (Å²) < 4.78 is 1.44. The molecule has 2 aromatic heterocycles. The van der Waals surface area contributed by atoms with Gasteiger partial charge >= 0.3 is 0 Å². The van der Waals surface area contributed by atoms with Crippen LogP contribution in [-0.4, -0.2) is 31.8 Å². The molecule has 6 heteroatoms. The molecule has 1 aromatic carbocycles. The van der Waals surface area contributed by atoms with E-state index < -0.39 is 0 Å². The van der Waals surface area contributed by atoms with Gasteiger partial charge in [0.15, 0.2) is 5.65 Å². The number of hydrogen-bond acceptors (Lipinski definition) is 5. The van der Waals surface area contributed by atoms with E-state index in [9.17, 15) is 0 Å². The van der Waals surface area contributed by atoms with Gasteiger partial charge in [-0.25, -0.2) is 0 Å². The molecular weight excluding hydrogens is 264 g/mol. The smallest absolute Gasteiger partial charge is 0.200 e. The molecule has 0 saturated carbocycles. The van der Waals surface area contributed by atoms with Gasteiger partial charge in [-0.05, 0) is 58.9 Å². The maximum Gasteiger partial charge on any atom is 0.200 e. The summed E-state index contributed by atoms with van der Waals surface area (Å²) in [6.07, 6.45) is 3.53. The summed E-state index contributed by atoms with van der Waals surface area (Å²) >= 11 is 0. The zero-order valence-electron chi connectivity index (χ0n) is 11.6. The lowest BCUT2D eigenvalue weighted by Crippen LogP contribution is -2.11. The summed E-state index contributed by atoms with van der Waals surface area (Å²) in [7, 11) is 0. The van der Waals surface area contributed by atoms with Gasteiger partial charge in [-0.15, -0.1) is 14.8 Å². The lowest BCUT2D eigenvalue weighted by atomic mass is 10.0. The molecule has 0 bridgehead atoms. The normalized spacial score (nSPS) is 14.5. The minimum Gasteiger partial charge on any atom is -0.369 e. The molecule has 1 aliphatic carbocycles. The summed E-state index contributed by atoms with van der Waals surface area (Å²) in [5.74, 6) is 1.54. The van der Waals surface area contributed by atoms with Gasteiger partial charge in [-0.1, -0.05) is 24.3 Å². The Labute approximate surface area is 122 Å². The number of nitrogens with one attached hydrogen (secondary N) is 1. The Morgan fingerprint density at radius 3 is 2.71 bits per heavy atom. The van der Waals surface area contributed by atoms with Gasteiger partial charge in [0.1, 0.15) is 5.82 Å². The third-order valence-corrected chi connectivity index (χ3v) is 4.06. The van der Waals surface area contributed by atoms with Crippen LogP contribution in [0.4, 0.5) is 5.82 Å². The first kappa shape index (κ1) is 12.3. The molecule has 0 atom stereocenters. The number of rotatable bonds is 4. The van der Waals surface area contributed by atoms with Crippen LogP contribution >= 0.6 is 0 Å². The quantitative estimate of drug-likeness (QED) is 0.788. The number of fused-ring (bicyclic) bond motifs is 2. The van der Waals surface area contributed by atoms with Crippen LogP contribution in [-0.2, 0) is 12.8 Å². The SMILES string of the molecule is c1ccc2c(c1)CC(CCNc1ccc3nnnn3n1)C2. The molecule has 0 radical (unpaired) electrons. The molecule has 0 unspecified atom stereocenters. The second kappa shape index (κ2) is 5.12. The van der Waals surface area contributed by atoms with E-state index in [0.717, 1.165) is 24.7 Å². The summed E-state index contributed by atoms with van der Waals surface area (Å²) in [6.45, 7) is 0.916. The molecule has 1 N–H and O–H groups in total. The molecule has 3 aromatic rings. The molecule has 4 rings (SSSR count). The number of tetrazole rings is 1. The fourth-order valence-electron chi connectivity index (χ4n) is 3.00. The van der Waals surface area contributed by atoms with Crippen molar-refractivity contribution in [1.29, 1.82) is 0 Å².